The summed E-state index contributed by atoms with van der Waals surface area (Å²) in [5.74, 6) is 1.31. The second kappa shape index (κ2) is 8.06. The van der Waals surface area contributed by atoms with Gasteiger partial charge in [0, 0.05) is 24.3 Å². The number of anilines is 1. The van der Waals surface area contributed by atoms with Crippen molar-refractivity contribution in [2.24, 2.45) is 11.8 Å². The van der Waals surface area contributed by atoms with E-state index in [0.717, 1.165) is 37.1 Å². The molecule has 0 unspecified atom stereocenters. The van der Waals surface area contributed by atoms with Crippen molar-refractivity contribution in [3.63, 3.8) is 0 Å². The predicted molar refractivity (Wildman–Crippen MR) is 90.4 cm³/mol. The van der Waals surface area contributed by atoms with E-state index >= 15 is 0 Å². The van der Waals surface area contributed by atoms with Crippen molar-refractivity contribution in [3.05, 3.63) is 29.3 Å². The minimum Gasteiger partial charge on any atom is -0.399 e. The number of nitrogens with two attached hydrogens (primary N) is 1. The lowest BCUT2D eigenvalue weighted by atomic mass is 10.0. The van der Waals surface area contributed by atoms with E-state index in [2.05, 4.69) is 27.7 Å². The van der Waals surface area contributed by atoms with Crippen molar-refractivity contribution in [2.45, 2.75) is 47.5 Å². The third kappa shape index (κ3) is 5.78. The molecule has 118 valence electrons. The molecular formula is C18H30N2O. The predicted octanol–water partition coefficient (Wildman–Crippen LogP) is 4.11. The highest BCUT2D eigenvalue weighted by Crippen LogP contribution is 2.17. The van der Waals surface area contributed by atoms with Crippen LogP contribution in [0, 0.1) is 18.8 Å². The van der Waals surface area contributed by atoms with Crippen LogP contribution in [0.5, 0.6) is 0 Å². The summed E-state index contributed by atoms with van der Waals surface area (Å²) in [4.78, 5) is 14.8. The highest BCUT2D eigenvalue weighted by atomic mass is 16.2. The van der Waals surface area contributed by atoms with E-state index in [0.29, 0.717) is 17.5 Å². The van der Waals surface area contributed by atoms with Gasteiger partial charge in [-0.25, -0.2) is 0 Å². The molecule has 2 N–H and O–H groups in total. The molecule has 0 spiro atoms. The largest absolute Gasteiger partial charge is 0.399 e. The molecule has 1 aromatic rings. The van der Waals surface area contributed by atoms with E-state index in [1.165, 1.54) is 0 Å². The minimum atomic E-state index is 0.112. The Labute approximate surface area is 129 Å². The number of benzene rings is 1. The van der Waals surface area contributed by atoms with Crippen molar-refractivity contribution in [1.82, 2.24) is 4.90 Å². The second-order valence-corrected chi connectivity index (χ2v) is 6.73. The summed E-state index contributed by atoms with van der Waals surface area (Å²) >= 11 is 0. The van der Waals surface area contributed by atoms with E-state index in [9.17, 15) is 4.79 Å². The molecule has 3 heteroatoms. The highest BCUT2D eigenvalue weighted by molar-refractivity contribution is 5.96. The van der Waals surface area contributed by atoms with E-state index < -0.39 is 0 Å². The molecule has 0 aliphatic heterocycles. The Kier molecular flexibility index (Phi) is 6.73. The third-order valence-electron chi connectivity index (χ3n) is 3.73. The lowest BCUT2D eigenvalue weighted by Crippen LogP contribution is -2.34. The first kappa shape index (κ1) is 17.5. The van der Waals surface area contributed by atoms with Crippen LogP contribution in [0.3, 0.4) is 0 Å². The lowest BCUT2D eigenvalue weighted by Gasteiger charge is -2.25. The Morgan fingerprint density at radius 1 is 1.10 bits per heavy atom. The number of hydrogen-bond donors (Lipinski definition) is 1. The van der Waals surface area contributed by atoms with Gasteiger partial charge in [-0.3, -0.25) is 4.79 Å². The molecule has 0 radical (unpaired) electrons. The Balaban J connectivity index is 2.89. The zero-order chi connectivity index (χ0) is 16.0. The van der Waals surface area contributed by atoms with Gasteiger partial charge in [0.25, 0.3) is 5.91 Å². The first-order chi connectivity index (χ1) is 9.81. The Hall–Kier alpha value is -1.51. The van der Waals surface area contributed by atoms with Crippen LogP contribution in [0.2, 0.25) is 0 Å². The molecule has 1 amide bonds. The van der Waals surface area contributed by atoms with Crippen molar-refractivity contribution < 1.29 is 4.79 Å². The molecule has 0 fully saturated rings. The quantitative estimate of drug-likeness (QED) is 0.768. The van der Waals surface area contributed by atoms with Gasteiger partial charge >= 0.3 is 0 Å². The van der Waals surface area contributed by atoms with Gasteiger partial charge in [0.2, 0.25) is 0 Å². The molecule has 0 atom stereocenters. The standard InChI is InChI=1S/C18H30N2O/c1-13(2)8-10-20(11-9-14(3)4)18(21)17-12-16(19)7-6-15(17)5/h6-7,12-14H,8-11,19H2,1-5H3. The fourth-order valence-corrected chi connectivity index (χ4v) is 2.18. The van der Waals surface area contributed by atoms with Crippen LogP contribution >= 0.6 is 0 Å². The van der Waals surface area contributed by atoms with Crippen LogP contribution in [-0.2, 0) is 0 Å². The molecule has 0 aromatic heterocycles. The molecular weight excluding hydrogens is 260 g/mol. The topological polar surface area (TPSA) is 46.3 Å². The van der Waals surface area contributed by atoms with Crippen LogP contribution in [0.1, 0.15) is 56.5 Å². The van der Waals surface area contributed by atoms with Crippen LogP contribution in [0.15, 0.2) is 18.2 Å². The summed E-state index contributed by atoms with van der Waals surface area (Å²) in [7, 11) is 0. The zero-order valence-electron chi connectivity index (χ0n) is 14.1. The van der Waals surface area contributed by atoms with Gasteiger partial charge in [0.15, 0.2) is 0 Å². The van der Waals surface area contributed by atoms with Crippen LogP contribution in [-0.4, -0.2) is 23.9 Å². The average molecular weight is 290 g/mol. The highest BCUT2D eigenvalue weighted by Gasteiger charge is 2.18. The molecule has 0 saturated carbocycles. The molecule has 0 aliphatic rings. The average Bonchev–Trinajstić information content (AvgIpc) is 2.40. The summed E-state index contributed by atoms with van der Waals surface area (Å²) in [6.45, 7) is 12.4. The number of nitrogens with zero attached hydrogens (tertiary/aromatic N) is 1. The van der Waals surface area contributed by atoms with Gasteiger partial charge in [0.1, 0.15) is 0 Å². The van der Waals surface area contributed by atoms with Gasteiger partial charge in [-0.1, -0.05) is 33.8 Å². The summed E-state index contributed by atoms with van der Waals surface area (Å²) in [5.41, 5.74) is 8.22. The number of carbonyl (C=O) groups excluding carboxylic acids is 1. The normalized spacial score (nSPS) is 11.2. The van der Waals surface area contributed by atoms with Gasteiger partial charge < -0.3 is 10.6 Å². The SMILES string of the molecule is Cc1ccc(N)cc1C(=O)N(CCC(C)C)CCC(C)C. The maximum Gasteiger partial charge on any atom is 0.254 e. The van der Waals surface area contributed by atoms with Crippen LogP contribution in [0.4, 0.5) is 5.69 Å². The number of hydrogen-bond acceptors (Lipinski definition) is 2. The number of nitrogen functional groups attached to an aromatic ring is 1. The molecule has 0 saturated heterocycles. The third-order valence-corrected chi connectivity index (χ3v) is 3.73. The molecule has 0 heterocycles. The monoisotopic (exact) mass is 290 g/mol. The van der Waals surface area contributed by atoms with Gasteiger partial charge in [-0.15, -0.1) is 0 Å². The maximum atomic E-state index is 12.8. The Morgan fingerprint density at radius 3 is 2.10 bits per heavy atom. The summed E-state index contributed by atoms with van der Waals surface area (Å²) < 4.78 is 0. The van der Waals surface area contributed by atoms with E-state index in [-0.39, 0.29) is 5.91 Å². The zero-order valence-corrected chi connectivity index (χ0v) is 14.1. The molecule has 1 aromatic carbocycles. The second-order valence-electron chi connectivity index (χ2n) is 6.73. The van der Waals surface area contributed by atoms with Crippen LogP contribution < -0.4 is 5.73 Å². The summed E-state index contributed by atoms with van der Waals surface area (Å²) in [6.07, 6.45) is 2.07. The Bertz CT molecular complexity index is 454. The lowest BCUT2D eigenvalue weighted by molar-refractivity contribution is 0.0740. The fourth-order valence-electron chi connectivity index (χ4n) is 2.18. The minimum absolute atomic E-state index is 0.112. The van der Waals surface area contributed by atoms with Crippen molar-refractivity contribution >= 4 is 11.6 Å². The maximum absolute atomic E-state index is 12.8. The number of rotatable bonds is 7. The first-order valence-corrected chi connectivity index (χ1v) is 7.96. The number of carbonyl (C=O) groups is 1. The molecule has 21 heavy (non-hydrogen) atoms. The van der Waals surface area contributed by atoms with Gasteiger partial charge in [-0.05, 0) is 49.3 Å². The van der Waals surface area contributed by atoms with Crippen molar-refractivity contribution in [1.29, 1.82) is 0 Å². The van der Waals surface area contributed by atoms with E-state index in [1.807, 2.05) is 24.0 Å². The van der Waals surface area contributed by atoms with Gasteiger partial charge in [0.05, 0.1) is 0 Å². The smallest absolute Gasteiger partial charge is 0.254 e. The van der Waals surface area contributed by atoms with Crippen molar-refractivity contribution in [3.8, 4) is 0 Å². The molecule has 1 rings (SSSR count). The van der Waals surface area contributed by atoms with E-state index in [4.69, 9.17) is 5.73 Å². The van der Waals surface area contributed by atoms with Crippen LogP contribution in [0.25, 0.3) is 0 Å². The number of aryl methyl sites for hydroxylation is 1. The molecule has 3 nitrogen and oxygen atoms in total. The fraction of sp³-hybridized carbons (Fsp3) is 0.611. The summed E-state index contributed by atoms with van der Waals surface area (Å²) in [6, 6.07) is 5.57. The Morgan fingerprint density at radius 2 is 1.62 bits per heavy atom. The van der Waals surface area contributed by atoms with E-state index in [1.54, 1.807) is 6.07 Å². The van der Waals surface area contributed by atoms with Gasteiger partial charge in [-0.2, -0.15) is 0 Å². The number of amides is 1. The van der Waals surface area contributed by atoms with Crippen molar-refractivity contribution in [2.75, 3.05) is 18.8 Å². The summed E-state index contributed by atoms with van der Waals surface area (Å²) in [5, 5.41) is 0. The molecule has 0 bridgehead atoms. The first-order valence-electron chi connectivity index (χ1n) is 7.96. The molecule has 0 aliphatic carbocycles.